The third-order valence-corrected chi connectivity index (χ3v) is 5.66. The van der Waals surface area contributed by atoms with Crippen LogP contribution in [0.2, 0.25) is 0 Å². The van der Waals surface area contributed by atoms with Crippen molar-refractivity contribution in [2.24, 2.45) is 5.41 Å². The van der Waals surface area contributed by atoms with Crippen LogP contribution in [-0.2, 0) is 16.0 Å². The first-order valence-electron chi connectivity index (χ1n) is 11.9. The molecule has 0 unspecified atom stereocenters. The van der Waals surface area contributed by atoms with Gasteiger partial charge in [0.05, 0.1) is 31.3 Å². The van der Waals surface area contributed by atoms with Crippen molar-refractivity contribution >= 4 is 12.1 Å². The molecule has 1 aromatic carbocycles. The predicted molar refractivity (Wildman–Crippen MR) is 140 cm³/mol. The molecule has 0 saturated carbocycles. The lowest BCUT2D eigenvalue weighted by molar-refractivity contribution is 0.0451. The van der Waals surface area contributed by atoms with Crippen molar-refractivity contribution in [2.45, 2.75) is 59.7 Å². The zero-order valence-corrected chi connectivity index (χ0v) is 22.3. The van der Waals surface area contributed by atoms with E-state index in [9.17, 15) is 14.9 Å². The molecule has 9 heteroatoms. The van der Waals surface area contributed by atoms with Crippen molar-refractivity contribution in [1.82, 2.24) is 20.1 Å². The third-order valence-electron chi connectivity index (χ3n) is 5.66. The second-order valence-corrected chi connectivity index (χ2v) is 10.7. The molecule has 0 aliphatic rings. The first kappa shape index (κ1) is 27.4. The summed E-state index contributed by atoms with van der Waals surface area (Å²) >= 11 is 0. The summed E-state index contributed by atoms with van der Waals surface area (Å²) in [4.78, 5) is 29.9. The van der Waals surface area contributed by atoms with Gasteiger partial charge in [-0.25, -0.2) is 9.59 Å². The molecule has 2 aromatic heterocycles. The Kier molecular flexibility index (Phi) is 8.02. The van der Waals surface area contributed by atoms with Crippen LogP contribution in [0.15, 0.2) is 48.8 Å². The highest BCUT2D eigenvalue weighted by Crippen LogP contribution is 2.36. The van der Waals surface area contributed by atoms with Crippen molar-refractivity contribution in [3.05, 3.63) is 60.0 Å². The Morgan fingerprint density at radius 3 is 2.32 bits per heavy atom. The van der Waals surface area contributed by atoms with Gasteiger partial charge < -0.3 is 14.8 Å². The molecule has 37 heavy (non-hydrogen) atoms. The highest BCUT2D eigenvalue weighted by atomic mass is 16.6. The van der Waals surface area contributed by atoms with Crippen molar-refractivity contribution in [1.29, 1.82) is 5.26 Å². The molecule has 0 aliphatic carbocycles. The number of hydrogen-bond donors (Lipinski definition) is 1. The normalized spacial score (nSPS) is 12.4. The Morgan fingerprint density at radius 1 is 1.08 bits per heavy atom. The van der Waals surface area contributed by atoms with Gasteiger partial charge in [-0.05, 0) is 56.0 Å². The number of pyridine rings is 1. The number of alkyl carbamates (subject to hydrolysis) is 1. The van der Waals surface area contributed by atoms with E-state index in [1.54, 1.807) is 68.2 Å². The zero-order chi connectivity index (χ0) is 27.4. The number of aromatic nitrogens is 3. The Morgan fingerprint density at radius 2 is 1.76 bits per heavy atom. The molecule has 1 N–H and O–H groups in total. The number of nitrogens with one attached hydrogen (secondary N) is 1. The molecule has 1 amide bonds. The van der Waals surface area contributed by atoms with Crippen LogP contribution < -0.4 is 5.32 Å². The van der Waals surface area contributed by atoms with E-state index in [2.05, 4.69) is 16.4 Å². The summed E-state index contributed by atoms with van der Waals surface area (Å²) in [5.74, 6) is -0.577. The number of methoxy groups -OCH3 is 1. The lowest BCUT2D eigenvalue weighted by atomic mass is 9.86. The fourth-order valence-electron chi connectivity index (χ4n) is 3.79. The first-order chi connectivity index (χ1) is 17.3. The van der Waals surface area contributed by atoms with Crippen LogP contribution in [-0.4, -0.2) is 45.6 Å². The van der Waals surface area contributed by atoms with Gasteiger partial charge in [-0.2, -0.15) is 10.4 Å². The van der Waals surface area contributed by atoms with Gasteiger partial charge >= 0.3 is 12.1 Å². The Labute approximate surface area is 217 Å². The fraction of sp³-hybridized carbons (Fsp3) is 0.393. The molecule has 0 spiro atoms. The number of ether oxygens (including phenoxy) is 2. The summed E-state index contributed by atoms with van der Waals surface area (Å²) in [6, 6.07) is 12.3. The largest absolute Gasteiger partial charge is 0.464 e. The van der Waals surface area contributed by atoms with E-state index in [-0.39, 0.29) is 12.2 Å². The van der Waals surface area contributed by atoms with Crippen LogP contribution >= 0.6 is 0 Å². The van der Waals surface area contributed by atoms with Crippen LogP contribution in [0.1, 0.15) is 57.6 Å². The first-order valence-corrected chi connectivity index (χ1v) is 11.9. The van der Waals surface area contributed by atoms with Gasteiger partial charge in [0.25, 0.3) is 0 Å². The Bertz CT molecular complexity index is 1310. The number of nitrogens with zero attached hydrogens (tertiary/aromatic N) is 4. The molecule has 0 aliphatic heterocycles. The molecule has 0 bridgehead atoms. The Hall–Kier alpha value is -4.19. The number of amides is 1. The number of esters is 1. The number of benzene rings is 1. The van der Waals surface area contributed by atoms with Crippen LogP contribution in [0.25, 0.3) is 22.4 Å². The molecule has 194 valence electrons. The summed E-state index contributed by atoms with van der Waals surface area (Å²) in [7, 11) is 1.31. The third kappa shape index (κ3) is 6.73. The zero-order valence-electron chi connectivity index (χ0n) is 22.3. The molecule has 9 nitrogen and oxygen atoms in total. The van der Waals surface area contributed by atoms with E-state index in [0.717, 1.165) is 0 Å². The van der Waals surface area contributed by atoms with Crippen molar-refractivity contribution in [2.75, 3.05) is 7.11 Å². The predicted octanol–water partition coefficient (Wildman–Crippen LogP) is 5.21. The van der Waals surface area contributed by atoms with Gasteiger partial charge in [0.15, 0.2) is 5.69 Å². The van der Waals surface area contributed by atoms with Gasteiger partial charge in [-0.3, -0.25) is 9.67 Å². The van der Waals surface area contributed by atoms with E-state index >= 15 is 0 Å². The summed E-state index contributed by atoms with van der Waals surface area (Å²) < 4.78 is 12.2. The van der Waals surface area contributed by atoms with Crippen LogP contribution in [0.3, 0.4) is 0 Å². The summed E-state index contributed by atoms with van der Waals surface area (Å²) in [5, 5.41) is 17.2. The monoisotopic (exact) mass is 503 g/mol. The number of rotatable bonds is 6. The molecule has 0 radical (unpaired) electrons. The quantitative estimate of drug-likeness (QED) is 0.459. The van der Waals surface area contributed by atoms with Gasteiger partial charge in [-0.1, -0.05) is 32.9 Å². The number of hydrogen-bond acceptors (Lipinski definition) is 7. The minimum absolute atomic E-state index is 0.170. The number of carbonyl (C=O) groups is 2. The molecule has 2 heterocycles. The maximum absolute atomic E-state index is 13.2. The van der Waals surface area contributed by atoms with Gasteiger partial charge in [0.1, 0.15) is 11.3 Å². The number of nitriles is 1. The average molecular weight is 504 g/mol. The maximum atomic E-state index is 13.2. The molecule has 0 saturated heterocycles. The standard InChI is InChI=1S/C28H33N5O4/c1-27(2,3)21(31-26(35)37-28(4,5)6)17-33-24(25(34)36-7)22(19-11-13-30-14-12-19)23(32-33)20-10-8-9-18(15-20)16-29/h8-15,21H,17H2,1-7H3,(H,31,35)/t21-/m0/s1. The van der Waals surface area contributed by atoms with Crippen molar-refractivity contribution in [3.63, 3.8) is 0 Å². The Balaban J connectivity index is 2.21. The molecule has 1 atom stereocenters. The molecule has 3 aromatic rings. The maximum Gasteiger partial charge on any atom is 0.407 e. The minimum atomic E-state index is -0.664. The second kappa shape index (κ2) is 10.8. The van der Waals surface area contributed by atoms with Gasteiger partial charge in [0, 0.05) is 23.5 Å². The van der Waals surface area contributed by atoms with Crippen LogP contribution in [0.4, 0.5) is 4.79 Å². The summed E-state index contributed by atoms with van der Waals surface area (Å²) in [5.41, 5.74) is 2.06. The van der Waals surface area contributed by atoms with E-state index in [0.29, 0.717) is 27.9 Å². The molecular weight excluding hydrogens is 470 g/mol. The lowest BCUT2D eigenvalue weighted by Crippen LogP contribution is -2.48. The number of carbonyl (C=O) groups excluding carboxylic acids is 2. The van der Waals surface area contributed by atoms with Crippen LogP contribution in [0.5, 0.6) is 0 Å². The van der Waals surface area contributed by atoms with Crippen molar-refractivity contribution in [3.8, 4) is 28.5 Å². The topological polar surface area (TPSA) is 119 Å². The minimum Gasteiger partial charge on any atom is -0.464 e. The molecule has 0 fully saturated rings. The SMILES string of the molecule is COC(=O)c1c(-c2ccncc2)c(-c2cccc(C#N)c2)nn1C[C@H](NC(=O)OC(C)(C)C)C(C)(C)C. The molecular formula is C28H33N5O4. The highest BCUT2D eigenvalue weighted by Gasteiger charge is 2.33. The fourth-order valence-corrected chi connectivity index (χ4v) is 3.79. The smallest absolute Gasteiger partial charge is 0.407 e. The summed E-state index contributed by atoms with van der Waals surface area (Å²) in [6.07, 6.45) is 2.70. The van der Waals surface area contributed by atoms with E-state index in [1.165, 1.54) is 7.11 Å². The highest BCUT2D eigenvalue weighted by molar-refractivity contribution is 6.00. The van der Waals surface area contributed by atoms with Gasteiger partial charge in [0.2, 0.25) is 0 Å². The van der Waals surface area contributed by atoms with E-state index in [1.807, 2.05) is 26.8 Å². The van der Waals surface area contributed by atoms with Crippen molar-refractivity contribution < 1.29 is 19.1 Å². The van der Waals surface area contributed by atoms with E-state index in [4.69, 9.17) is 14.6 Å². The average Bonchev–Trinajstić information content (AvgIpc) is 3.21. The second-order valence-electron chi connectivity index (χ2n) is 10.7. The van der Waals surface area contributed by atoms with Gasteiger partial charge in [-0.15, -0.1) is 0 Å². The van der Waals surface area contributed by atoms with Crippen LogP contribution in [0, 0.1) is 16.7 Å². The lowest BCUT2D eigenvalue weighted by Gasteiger charge is -2.32. The summed E-state index contributed by atoms with van der Waals surface area (Å²) in [6.45, 7) is 11.5. The molecule has 3 rings (SSSR count). The van der Waals surface area contributed by atoms with E-state index < -0.39 is 29.1 Å².